The van der Waals surface area contributed by atoms with E-state index in [-0.39, 0.29) is 33.5 Å². The molecule has 0 unspecified atom stereocenters. The first-order chi connectivity index (χ1) is 17.4. The van der Waals surface area contributed by atoms with Crippen molar-refractivity contribution in [3.63, 3.8) is 0 Å². The van der Waals surface area contributed by atoms with Gasteiger partial charge in [-0.3, -0.25) is 14.3 Å². The van der Waals surface area contributed by atoms with Gasteiger partial charge in [0.25, 0.3) is 11.5 Å². The second kappa shape index (κ2) is 8.88. The van der Waals surface area contributed by atoms with Crippen LogP contribution in [0.2, 0.25) is 0 Å². The molecule has 0 spiro atoms. The largest absolute Gasteiger partial charge is 0.349 e. The summed E-state index contributed by atoms with van der Waals surface area (Å²) in [7, 11) is -1.67. The van der Waals surface area contributed by atoms with Crippen molar-refractivity contribution in [1.29, 1.82) is 0 Å². The van der Waals surface area contributed by atoms with E-state index in [0.717, 1.165) is 19.1 Å². The maximum absolute atomic E-state index is 14.8. The normalized spacial score (nSPS) is 13.6. The van der Waals surface area contributed by atoms with Crippen LogP contribution in [0.15, 0.2) is 52.3 Å². The number of fused-ring (bicyclic) bond motifs is 1. The van der Waals surface area contributed by atoms with E-state index in [1.807, 2.05) is 0 Å². The predicted octanol–water partition coefficient (Wildman–Crippen LogP) is 3.67. The van der Waals surface area contributed by atoms with Crippen LogP contribution in [0.5, 0.6) is 0 Å². The molecule has 5 rings (SSSR count). The topological polar surface area (TPSA) is 111 Å². The van der Waals surface area contributed by atoms with Crippen molar-refractivity contribution in [3.8, 4) is 33.6 Å². The van der Waals surface area contributed by atoms with E-state index >= 15 is 0 Å². The molecule has 3 aliphatic rings. The zero-order chi connectivity index (χ0) is 26.6. The summed E-state index contributed by atoms with van der Waals surface area (Å²) in [4.78, 5) is 30.3. The van der Waals surface area contributed by atoms with Crippen LogP contribution in [-0.4, -0.2) is 41.4 Å². The van der Waals surface area contributed by atoms with Gasteiger partial charge in [-0.1, -0.05) is 6.07 Å². The molecular weight excluding hydrogens is 495 g/mol. The number of hydrogen-bond donors (Lipinski definition) is 1. The number of amides is 1. The number of aromatic nitrogens is 3. The fourth-order valence-corrected chi connectivity index (χ4v) is 5.03. The number of sulfone groups is 1. The number of pyridine rings is 1. The molecule has 1 amide bonds. The molecule has 1 N–H and O–H groups in total. The van der Waals surface area contributed by atoms with E-state index in [9.17, 15) is 22.4 Å². The van der Waals surface area contributed by atoms with Crippen molar-refractivity contribution in [2.45, 2.75) is 37.6 Å². The van der Waals surface area contributed by atoms with Gasteiger partial charge < -0.3 is 5.32 Å². The van der Waals surface area contributed by atoms with Crippen LogP contribution in [0.1, 0.15) is 34.3 Å². The van der Waals surface area contributed by atoms with Crippen molar-refractivity contribution in [2.75, 3.05) is 6.26 Å². The molecule has 2 aromatic carbocycles. The lowest BCUT2D eigenvalue weighted by atomic mass is 9.95. The van der Waals surface area contributed by atoms with Crippen molar-refractivity contribution >= 4 is 15.7 Å². The van der Waals surface area contributed by atoms with E-state index in [1.54, 1.807) is 50.0 Å². The number of nitrogens with zero attached hydrogens (tertiary/aromatic N) is 3. The lowest BCUT2D eigenvalue weighted by Crippen LogP contribution is -2.25. The molecule has 10 heteroatoms. The third kappa shape index (κ3) is 4.76. The third-order valence-corrected chi connectivity index (χ3v) is 7.63. The number of aryl methyl sites for hydroxylation is 2. The number of carbonyl (C=O) groups excluding carboxylic acids is 1. The highest BCUT2D eigenvalue weighted by atomic mass is 32.2. The first-order valence-electron chi connectivity index (χ1n) is 11.7. The van der Waals surface area contributed by atoms with Gasteiger partial charge in [0.2, 0.25) is 0 Å². The van der Waals surface area contributed by atoms with Crippen LogP contribution in [0, 0.1) is 19.7 Å². The molecule has 37 heavy (non-hydrogen) atoms. The third-order valence-electron chi connectivity index (χ3n) is 6.52. The number of carbonyl (C=O) groups is 1. The molecule has 0 bridgehead atoms. The lowest BCUT2D eigenvalue weighted by Gasteiger charge is -2.16. The second-order valence-electron chi connectivity index (χ2n) is 9.56. The fraction of sp³-hybridized carbons (Fsp3) is 0.259. The van der Waals surface area contributed by atoms with Gasteiger partial charge in [-0.2, -0.15) is 5.10 Å². The molecule has 0 saturated heterocycles. The monoisotopic (exact) mass is 520 g/mol. The average Bonchev–Trinajstić information content (AvgIpc) is 3.63. The molecule has 1 aliphatic carbocycles. The van der Waals surface area contributed by atoms with Crippen LogP contribution in [-0.2, 0) is 16.9 Å². The van der Waals surface area contributed by atoms with Gasteiger partial charge in [0.05, 0.1) is 10.5 Å². The van der Waals surface area contributed by atoms with Crippen LogP contribution in [0.4, 0.5) is 4.39 Å². The number of nitrogens with one attached hydrogen (secondary N) is 1. The van der Waals surface area contributed by atoms with Gasteiger partial charge in [-0.25, -0.2) is 17.8 Å². The summed E-state index contributed by atoms with van der Waals surface area (Å²) in [5.41, 5.74) is 2.91. The molecule has 2 aromatic rings. The molecular formula is C27H25FN4O4S. The van der Waals surface area contributed by atoms with Crippen LogP contribution >= 0.6 is 0 Å². The Morgan fingerprint density at radius 1 is 1.05 bits per heavy atom. The summed E-state index contributed by atoms with van der Waals surface area (Å²) >= 11 is 0. The van der Waals surface area contributed by atoms with Gasteiger partial charge in [0.15, 0.2) is 9.84 Å². The zero-order valence-corrected chi connectivity index (χ0v) is 21.6. The molecule has 0 radical (unpaired) electrons. The Labute approximate surface area is 213 Å². The van der Waals surface area contributed by atoms with Crippen molar-refractivity contribution in [1.82, 2.24) is 20.1 Å². The maximum Gasteiger partial charge on any atom is 0.278 e. The van der Waals surface area contributed by atoms with E-state index in [2.05, 4.69) is 15.4 Å². The summed E-state index contributed by atoms with van der Waals surface area (Å²) < 4.78 is 40.3. The predicted molar refractivity (Wildman–Crippen MR) is 138 cm³/mol. The maximum atomic E-state index is 14.8. The molecule has 190 valence electrons. The quantitative estimate of drug-likeness (QED) is 0.430. The van der Waals surface area contributed by atoms with Crippen LogP contribution in [0.25, 0.3) is 33.6 Å². The molecule has 8 nitrogen and oxygen atoms in total. The van der Waals surface area contributed by atoms with Crippen LogP contribution in [0.3, 0.4) is 0 Å². The highest BCUT2D eigenvalue weighted by molar-refractivity contribution is 7.90. The highest BCUT2D eigenvalue weighted by Gasteiger charge is 2.26. The average molecular weight is 521 g/mol. The standard InChI is InChI=1S/C27H25FN4O4S/c1-14-9-19(37(4,35)36)7-8-20(14)25-24-17(13-32(3)31-25)11-22(27(34)30-24)21-10-16(12-23(28)15(21)2)26(33)29-18-5-6-18/h7-13,18H,5-6H2,1-4H3,(H,29,33). The van der Waals surface area contributed by atoms with E-state index < -0.39 is 21.2 Å². The minimum atomic E-state index is -3.39. The summed E-state index contributed by atoms with van der Waals surface area (Å²) in [6.07, 6.45) is 4.64. The minimum Gasteiger partial charge on any atom is -0.349 e. The van der Waals surface area contributed by atoms with E-state index in [4.69, 9.17) is 0 Å². The van der Waals surface area contributed by atoms with Crippen molar-refractivity contribution in [2.24, 2.45) is 7.05 Å². The zero-order valence-electron chi connectivity index (χ0n) is 20.8. The smallest absolute Gasteiger partial charge is 0.278 e. The number of hydrogen-bond acceptors (Lipinski definition) is 6. The molecule has 1 saturated carbocycles. The SMILES string of the molecule is Cc1cc(S(C)(=O)=O)ccc1-c1nn(C)cc2cc(-c3cc(C(=O)NC4CC4)cc(F)c3C)c(=O)nc1-2. The first kappa shape index (κ1) is 24.8. The van der Waals surface area contributed by atoms with Gasteiger partial charge >= 0.3 is 0 Å². The summed E-state index contributed by atoms with van der Waals surface area (Å²) in [6, 6.07) is 9.14. The van der Waals surface area contributed by atoms with E-state index in [1.165, 1.54) is 18.2 Å². The van der Waals surface area contributed by atoms with Crippen molar-refractivity contribution in [3.05, 3.63) is 75.5 Å². The summed E-state index contributed by atoms with van der Waals surface area (Å²) in [5.74, 6) is -0.963. The van der Waals surface area contributed by atoms with Crippen LogP contribution < -0.4 is 10.9 Å². The van der Waals surface area contributed by atoms with Crippen molar-refractivity contribution < 1.29 is 17.6 Å². The fourth-order valence-electron chi connectivity index (χ4n) is 4.33. The molecule has 0 atom stereocenters. The Morgan fingerprint density at radius 2 is 1.78 bits per heavy atom. The summed E-state index contributed by atoms with van der Waals surface area (Å²) in [5, 5.41) is 7.37. The van der Waals surface area contributed by atoms with Gasteiger partial charge in [-0.05, 0) is 73.7 Å². The highest BCUT2D eigenvalue weighted by Crippen LogP contribution is 2.34. The number of halogens is 1. The van der Waals surface area contributed by atoms with Gasteiger partial charge in [-0.15, -0.1) is 0 Å². The molecule has 2 aliphatic heterocycles. The van der Waals surface area contributed by atoms with Gasteiger partial charge in [0.1, 0.15) is 17.2 Å². The molecule has 2 heterocycles. The Bertz CT molecular complexity index is 1730. The Hall–Kier alpha value is -3.92. The Morgan fingerprint density at radius 3 is 2.43 bits per heavy atom. The molecule has 0 aromatic heterocycles. The number of rotatable bonds is 5. The van der Waals surface area contributed by atoms with Gasteiger partial charge in [0, 0.05) is 42.2 Å². The summed E-state index contributed by atoms with van der Waals surface area (Å²) in [6.45, 7) is 3.32. The Balaban J connectivity index is 1.67. The molecule has 1 fully saturated rings. The second-order valence-corrected chi connectivity index (χ2v) is 11.6. The Kier molecular flexibility index (Phi) is 5.94. The number of benzene rings is 2. The first-order valence-corrected chi connectivity index (χ1v) is 13.6. The lowest BCUT2D eigenvalue weighted by molar-refractivity contribution is 0.0950. The van der Waals surface area contributed by atoms with E-state index in [0.29, 0.717) is 33.6 Å². The minimum absolute atomic E-state index is 0.110.